The number of amidine groups is 1. The van der Waals surface area contributed by atoms with E-state index in [1.54, 1.807) is 0 Å². The van der Waals surface area contributed by atoms with Crippen LogP contribution in [0, 0.1) is 0 Å². The molecule has 0 aromatic rings. The Kier molecular flexibility index (Phi) is 0.648. The van der Waals surface area contributed by atoms with Crippen molar-refractivity contribution < 1.29 is 0 Å². The van der Waals surface area contributed by atoms with Crippen LogP contribution in [0.1, 0.15) is 0 Å². The molecule has 0 bridgehead atoms. The molecular weight excluding hydrogens is 80.0 g/mol. The average Bonchev–Trinajstić information content (AvgIpc) is 1.86. The summed E-state index contributed by atoms with van der Waals surface area (Å²) in [4.78, 5) is 0. The highest BCUT2D eigenvalue weighted by Crippen LogP contribution is 1.66. The molecule has 0 spiro atoms. The maximum atomic E-state index is 5.16. The third-order valence-corrected chi connectivity index (χ3v) is 0.548. The minimum Gasteiger partial charge on any atom is -0.385 e. The van der Waals surface area contributed by atoms with Crippen molar-refractivity contribution in [1.82, 2.24) is 11.0 Å². The number of hydrogen-bond acceptors (Lipinski definition) is 4. The second kappa shape index (κ2) is 1.14. The van der Waals surface area contributed by atoms with E-state index >= 15 is 0 Å². The first-order valence-corrected chi connectivity index (χ1v) is 1.69. The molecule has 0 aromatic heterocycles. The van der Waals surface area contributed by atoms with Gasteiger partial charge in [-0.2, -0.15) is 5.10 Å². The molecule has 0 fully saturated rings. The highest BCUT2D eigenvalue weighted by molar-refractivity contribution is 5.82. The highest BCUT2D eigenvalue weighted by atomic mass is 15.6. The van der Waals surface area contributed by atoms with Gasteiger partial charge in [0.1, 0.15) is 5.84 Å². The van der Waals surface area contributed by atoms with Gasteiger partial charge in [0.2, 0.25) is 0 Å². The topological polar surface area (TPSA) is 62.4 Å². The molecule has 0 atom stereocenters. The molecule has 4 nitrogen and oxygen atoms in total. The van der Waals surface area contributed by atoms with Gasteiger partial charge in [0.05, 0.1) is 6.54 Å². The quantitative estimate of drug-likeness (QED) is 0.331. The van der Waals surface area contributed by atoms with Gasteiger partial charge in [-0.05, 0) is 0 Å². The monoisotopic (exact) mass is 86.1 g/mol. The van der Waals surface area contributed by atoms with Crippen molar-refractivity contribution in [1.29, 1.82) is 0 Å². The van der Waals surface area contributed by atoms with Gasteiger partial charge in [0.25, 0.3) is 0 Å². The van der Waals surface area contributed by atoms with Crippen molar-refractivity contribution >= 4 is 5.84 Å². The first-order chi connectivity index (χ1) is 2.89. The van der Waals surface area contributed by atoms with Crippen LogP contribution in [0.5, 0.6) is 0 Å². The molecule has 0 saturated heterocycles. The highest BCUT2D eigenvalue weighted by Gasteiger charge is 1.94. The average molecular weight is 86.1 g/mol. The van der Waals surface area contributed by atoms with Crippen LogP contribution in [0.2, 0.25) is 0 Å². The van der Waals surface area contributed by atoms with Gasteiger partial charge < -0.3 is 5.73 Å². The van der Waals surface area contributed by atoms with Crippen LogP contribution in [0.3, 0.4) is 0 Å². The van der Waals surface area contributed by atoms with Crippen LogP contribution in [0.25, 0.3) is 0 Å². The lowest BCUT2D eigenvalue weighted by molar-refractivity contribution is 0.653. The van der Waals surface area contributed by atoms with Crippen LogP contribution in [0.4, 0.5) is 0 Å². The maximum Gasteiger partial charge on any atom is 0.137 e. The van der Waals surface area contributed by atoms with E-state index in [9.17, 15) is 0 Å². The molecule has 34 valence electrons. The third kappa shape index (κ3) is 0.414. The number of nitrogens with one attached hydrogen (secondary N) is 2. The van der Waals surface area contributed by atoms with Crippen molar-refractivity contribution in [3.8, 4) is 0 Å². The predicted octanol–water partition coefficient (Wildman–Crippen LogP) is -1.63. The fourth-order valence-electron chi connectivity index (χ4n) is 0.281. The molecular formula is C2H6N4. The van der Waals surface area contributed by atoms with Gasteiger partial charge in [-0.3, -0.25) is 0 Å². The first kappa shape index (κ1) is 3.42. The maximum absolute atomic E-state index is 5.16. The molecule has 1 aliphatic heterocycles. The van der Waals surface area contributed by atoms with Gasteiger partial charge in [0, 0.05) is 0 Å². The van der Waals surface area contributed by atoms with E-state index in [-0.39, 0.29) is 0 Å². The summed E-state index contributed by atoms with van der Waals surface area (Å²) in [5.74, 6) is 0.606. The van der Waals surface area contributed by atoms with E-state index in [0.717, 1.165) is 0 Å². The molecule has 0 aromatic carbocycles. The van der Waals surface area contributed by atoms with Crippen molar-refractivity contribution in [2.75, 3.05) is 6.54 Å². The third-order valence-electron chi connectivity index (χ3n) is 0.548. The summed E-state index contributed by atoms with van der Waals surface area (Å²) < 4.78 is 0. The molecule has 0 radical (unpaired) electrons. The van der Waals surface area contributed by atoms with Crippen LogP contribution in [-0.2, 0) is 0 Å². The van der Waals surface area contributed by atoms with Gasteiger partial charge in [0.15, 0.2) is 0 Å². The molecule has 1 rings (SSSR count). The summed E-state index contributed by atoms with van der Waals surface area (Å²) in [6.45, 7) is 0.653. The number of hydrazine groups is 1. The van der Waals surface area contributed by atoms with Crippen LogP contribution >= 0.6 is 0 Å². The molecule has 1 heterocycles. The van der Waals surface area contributed by atoms with E-state index < -0.39 is 0 Å². The fourth-order valence-corrected chi connectivity index (χ4v) is 0.281. The zero-order chi connectivity index (χ0) is 4.41. The SMILES string of the molecule is NC1=NNNC1. The lowest BCUT2D eigenvalue weighted by Crippen LogP contribution is -2.24. The summed E-state index contributed by atoms with van der Waals surface area (Å²) in [5, 5.41) is 3.57. The van der Waals surface area contributed by atoms with Crippen LogP contribution in [-0.4, -0.2) is 12.4 Å². The standard InChI is InChI=1S/C2H6N4/c3-2-1-4-6-5-2/h4,6H,1H2,(H2,3,5). The van der Waals surface area contributed by atoms with E-state index in [1.807, 2.05) is 0 Å². The second-order valence-corrected chi connectivity index (χ2v) is 1.07. The van der Waals surface area contributed by atoms with Crippen LogP contribution in [0.15, 0.2) is 5.10 Å². The summed E-state index contributed by atoms with van der Waals surface area (Å²) in [7, 11) is 0. The Labute approximate surface area is 35.4 Å². The second-order valence-electron chi connectivity index (χ2n) is 1.07. The molecule has 0 unspecified atom stereocenters. The minimum absolute atomic E-state index is 0.606. The Morgan fingerprint density at radius 2 is 2.67 bits per heavy atom. The normalized spacial score (nSPS) is 19.7. The number of hydrazone groups is 1. The predicted molar refractivity (Wildman–Crippen MR) is 22.8 cm³/mol. The summed E-state index contributed by atoms with van der Waals surface area (Å²) in [6.07, 6.45) is 0. The van der Waals surface area contributed by atoms with Gasteiger partial charge >= 0.3 is 0 Å². The van der Waals surface area contributed by atoms with Gasteiger partial charge in [-0.25, -0.2) is 11.0 Å². The Hall–Kier alpha value is -0.770. The number of hydrogen-bond donors (Lipinski definition) is 3. The summed E-state index contributed by atoms with van der Waals surface area (Å²) >= 11 is 0. The number of rotatable bonds is 0. The smallest absolute Gasteiger partial charge is 0.137 e. The van der Waals surface area contributed by atoms with Crippen LogP contribution < -0.4 is 16.7 Å². The molecule has 4 heteroatoms. The van der Waals surface area contributed by atoms with Crippen molar-refractivity contribution in [2.45, 2.75) is 0 Å². The summed E-state index contributed by atoms with van der Waals surface area (Å²) in [6, 6.07) is 0. The Balaban J connectivity index is 2.45. The largest absolute Gasteiger partial charge is 0.385 e. The number of nitrogens with zero attached hydrogens (tertiary/aromatic N) is 1. The molecule has 0 aliphatic carbocycles. The van der Waals surface area contributed by atoms with E-state index in [1.165, 1.54) is 0 Å². The van der Waals surface area contributed by atoms with Gasteiger partial charge in [-0.1, -0.05) is 0 Å². The van der Waals surface area contributed by atoms with Crippen molar-refractivity contribution in [2.24, 2.45) is 10.8 Å². The Morgan fingerprint density at radius 1 is 1.83 bits per heavy atom. The molecule has 4 N–H and O–H groups in total. The Bertz CT molecular complexity index is 75.6. The first-order valence-electron chi connectivity index (χ1n) is 1.69. The lowest BCUT2D eigenvalue weighted by atomic mass is 10.6. The zero-order valence-corrected chi connectivity index (χ0v) is 3.23. The minimum atomic E-state index is 0.606. The van der Waals surface area contributed by atoms with Crippen molar-refractivity contribution in [3.05, 3.63) is 0 Å². The molecule has 0 saturated carbocycles. The van der Waals surface area contributed by atoms with E-state index in [2.05, 4.69) is 16.1 Å². The molecule has 6 heavy (non-hydrogen) atoms. The summed E-state index contributed by atoms with van der Waals surface area (Å²) in [5.41, 5.74) is 10.3. The van der Waals surface area contributed by atoms with Crippen molar-refractivity contribution in [3.63, 3.8) is 0 Å². The Morgan fingerprint density at radius 3 is 2.83 bits per heavy atom. The number of nitrogens with two attached hydrogens (primary N) is 1. The molecule has 1 aliphatic rings. The fraction of sp³-hybridized carbons (Fsp3) is 0.500. The van der Waals surface area contributed by atoms with E-state index in [0.29, 0.717) is 12.4 Å². The molecule has 0 amide bonds. The lowest BCUT2D eigenvalue weighted by Gasteiger charge is -1.81. The van der Waals surface area contributed by atoms with E-state index in [4.69, 9.17) is 5.73 Å². The zero-order valence-electron chi connectivity index (χ0n) is 3.23. The van der Waals surface area contributed by atoms with Gasteiger partial charge in [-0.15, -0.1) is 0 Å².